The highest BCUT2D eigenvalue weighted by Gasteiger charge is 2.71. The third-order valence-electron chi connectivity index (χ3n) is 12.6. The van der Waals surface area contributed by atoms with Gasteiger partial charge in [0, 0.05) is 23.0 Å². The largest absolute Gasteiger partial charge is 0.390 e. The molecular formula is C32H46ClN3O3. The molecule has 0 unspecified atom stereocenters. The van der Waals surface area contributed by atoms with Crippen molar-refractivity contribution >= 4 is 28.4 Å². The molecule has 214 valence electrons. The molecule has 8 atom stereocenters. The first-order valence-corrected chi connectivity index (χ1v) is 15.6. The number of ether oxygens (including phenoxy) is 1. The first kappa shape index (κ1) is 27.7. The van der Waals surface area contributed by atoms with Crippen LogP contribution in [0.1, 0.15) is 92.4 Å². The maximum atomic E-state index is 13.8. The van der Waals surface area contributed by atoms with Crippen molar-refractivity contribution in [2.75, 3.05) is 13.2 Å². The van der Waals surface area contributed by atoms with E-state index in [0.717, 1.165) is 75.6 Å². The smallest absolute Gasteiger partial charge is 0.159 e. The molecule has 0 radical (unpaired) electrons. The van der Waals surface area contributed by atoms with Crippen molar-refractivity contribution in [3.63, 3.8) is 0 Å². The molecule has 0 bridgehead atoms. The van der Waals surface area contributed by atoms with E-state index in [1.165, 1.54) is 6.42 Å². The lowest BCUT2D eigenvalue weighted by molar-refractivity contribution is -0.259. The standard InChI is InChI=1S/C32H46ClN3O3/c1-6-39-20-32-16-13-29(3,38)19-28(32,2)12-11-23-22-8-9-24(30(22,4)14-15-31(23,32)5)27(37)18-36-34-25-10-7-21(33)17-26(25)35-36/h7,10,17,22-24,38H,6,8-9,11-16,18-20H2,1-5H3/t22-,23-,24+,28-,29+,30-,31-,32+/m0/s1. The van der Waals surface area contributed by atoms with Crippen LogP contribution in [-0.4, -0.2) is 44.7 Å². The van der Waals surface area contributed by atoms with E-state index in [0.29, 0.717) is 16.9 Å². The Morgan fingerprint density at radius 1 is 1.03 bits per heavy atom. The molecule has 4 aliphatic carbocycles. The summed E-state index contributed by atoms with van der Waals surface area (Å²) in [6.07, 6.45) is 9.33. The number of Topliss-reactive ketones (excluding diaryl/α,β-unsaturated/α-hetero) is 1. The summed E-state index contributed by atoms with van der Waals surface area (Å²) in [5.74, 6) is 1.44. The molecule has 1 aromatic heterocycles. The van der Waals surface area contributed by atoms with Gasteiger partial charge in [0.2, 0.25) is 0 Å². The molecule has 4 saturated carbocycles. The molecular weight excluding hydrogens is 510 g/mol. The molecule has 6 nitrogen and oxygen atoms in total. The summed E-state index contributed by atoms with van der Waals surface area (Å²) >= 11 is 6.14. The molecule has 6 rings (SSSR count). The van der Waals surface area contributed by atoms with Gasteiger partial charge in [-0.25, -0.2) is 0 Å². The van der Waals surface area contributed by atoms with Crippen LogP contribution in [0.25, 0.3) is 11.0 Å². The summed E-state index contributed by atoms with van der Waals surface area (Å²) in [5, 5.41) is 20.9. The quantitative estimate of drug-likeness (QED) is 0.421. The minimum absolute atomic E-state index is 0.0118. The van der Waals surface area contributed by atoms with E-state index in [1.54, 1.807) is 10.9 Å². The van der Waals surface area contributed by atoms with Gasteiger partial charge in [0.05, 0.1) is 12.2 Å². The predicted octanol–water partition coefficient (Wildman–Crippen LogP) is 6.86. The SMILES string of the molecule is CCOC[C@]12CC[C@@](C)(O)C[C@]1(C)CC[C@H]1[C@@H]3CC[C@H](C(=O)Cn4nc5ccc(Cl)cc5n4)[C@@]3(C)CC[C@@]12C. The second kappa shape index (κ2) is 9.25. The number of aromatic nitrogens is 3. The number of hydrogen-bond acceptors (Lipinski definition) is 5. The molecule has 4 fully saturated rings. The minimum atomic E-state index is -0.599. The van der Waals surface area contributed by atoms with Crippen molar-refractivity contribution in [2.24, 2.45) is 39.4 Å². The van der Waals surface area contributed by atoms with Crippen LogP contribution in [0, 0.1) is 39.4 Å². The number of fused-ring (bicyclic) bond motifs is 6. The molecule has 4 aliphatic rings. The highest BCUT2D eigenvalue weighted by molar-refractivity contribution is 6.31. The Labute approximate surface area is 238 Å². The summed E-state index contributed by atoms with van der Waals surface area (Å²) in [4.78, 5) is 15.4. The van der Waals surface area contributed by atoms with E-state index in [2.05, 4.69) is 37.9 Å². The summed E-state index contributed by atoms with van der Waals surface area (Å²) in [6, 6.07) is 5.48. The first-order valence-electron chi connectivity index (χ1n) is 15.2. The van der Waals surface area contributed by atoms with E-state index in [4.69, 9.17) is 16.3 Å². The van der Waals surface area contributed by atoms with E-state index < -0.39 is 5.60 Å². The van der Waals surface area contributed by atoms with Crippen LogP contribution >= 0.6 is 11.6 Å². The van der Waals surface area contributed by atoms with Crippen molar-refractivity contribution in [3.05, 3.63) is 23.2 Å². The third kappa shape index (κ3) is 4.06. The van der Waals surface area contributed by atoms with Crippen LogP contribution in [0.4, 0.5) is 0 Å². The van der Waals surface area contributed by atoms with Gasteiger partial charge < -0.3 is 9.84 Å². The van der Waals surface area contributed by atoms with Gasteiger partial charge in [-0.2, -0.15) is 15.0 Å². The fraction of sp³-hybridized carbons (Fsp3) is 0.781. The third-order valence-corrected chi connectivity index (χ3v) is 12.9. The molecule has 0 aliphatic heterocycles. The summed E-state index contributed by atoms with van der Waals surface area (Å²) < 4.78 is 6.31. The molecule has 0 amide bonds. The average molecular weight is 556 g/mol. The Kier molecular flexibility index (Phi) is 6.56. The average Bonchev–Trinajstić information content (AvgIpc) is 3.42. The second-order valence-corrected chi connectivity index (χ2v) is 15.0. The number of carbonyl (C=O) groups excluding carboxylic acids is 1. The normalized spacial score (nSPS) is 43.6. The van der Waals surface area contributed by atoms with Crippen LogP contribution in [0.3, 0.4) is 0 Å². The zero-order valence-corrected chi connectivity index (χ0v) is 25.2. The van der Waals surface area contributed by atoms with Crippen molar-refractivity contribution < 1.29 is 14.6 Å². The summed E-state index contributed by atoms with van der Waals surface area (Å²) in [5.41, 5.74) is 1.19. The molecule has 1 aromatic carbocycles. The lowest BCUT2D eigenvalue weighted by Crippen LogP contribution is -2.67. The Balaban J connectivity index is 1.27. The van der Waals surface area contributed by atoms with Gasteiger partial charge in [0.1, 0.15) is 17.6 Å². The van der Waals surface area contributed by atoms with E-state index >= 15 is 0 Å². The number of nitrogens with zero attached hydrogens (tertiary/aromatic N) is 3. The first-order chi connectivity index (χ1) is 18.4. The monoisotopic (exact) mass is 555 g/mol. The fourth-order valence-electron chi connectivity index (χ4n) is 10.7. The van der Waals surface area contributed by atoms with E-state index in [9.17, 15) is 9.90 Å². The maximum absolute atomic E-state index is 13.8. The second-order valence-electron chi connectivity index (χ2n) is 14.6. The van der Waals surface area contributed by atoms with Gasteiger partial charge in [-0.3, -0.25) is 4.79 Å². The van der Waals surface area contributed by atoms with Crippen molar-refractivity contribution in [1.29, 1.82) is 0 Å². The lowest BCUT2D eigenvalue weighted by atomic mass is 9.33. The number of rotatable bonds is 6. The van der Waals surface area contributed by atoms with Crippen molar-refractivity contribution in [2.45, 2.75) is 105 Å². The van der Waals surface area contributed by atoms with Gasteiger partial charge in [-0.1, -0.05) is 32.4 Å². The number of ketones is 1. The van der Waals surface area contributed by atoms with Gasteiger partial charge >= 0.3 is 0 Å². The minimum Gasteiger partial charge on any atom is -0.390 e. The van der Waals surface area contributed by atoms with Gasteiger partial charge in [-0.05, 0) is 118 Å². The van der Waals surface area contributed by atoms with Gasteiger partial charge in [-0.15, -0.1) is 0 Å². The Bertz CT molecular complexity index is 1280. The molecule has 1 N–H and O–H groups in total. The fourth-order valence-corrected chi connectivity index (χ4v) is 10.9. The van der Waals surface area contributed by atoms with Crippen LogP contribution in [0.2, 0.25) is 5.02 Å². The lowest BCUT2D eigenvalue weighted by Gasteiger charge is -2.71. The highest BCUT2D eigenvalue weighted by Crippen LogP contribution is 2.76. The zero-order valence-electron chi connectivity index (χ0n) is 24.4. The summed E-state index contributed by atoms with van der Waals surface area (Å²) in [7, 11) is 0. The number of aliphatic hydroxyl groups is 1. The van der Waals surface area contributed by atoms with Crippen molar-refractivity contribution in [3.8, 4) is 0 Å². The number of benzene rings is 1. The maximum Gasteiger partial charge on any atom is 0.159 e. The Morgan fingerprint density at radius 3 is 2.56 bits per heavy atom. The zero-order chi connectivity index (χ0) is 27.8. The Morgan fingerprint density at radius 2 is 1.79 bits per heavy atom. The summed E-state index contributed by atoms with van der Waals surface area (Å²) in [6.45, 7) is 13.3. The molecule has 0 saturated heterocycles. The molecule has 7 heteroatoms. The number of hydrogen-bond donors (Lipinski definition) is 1. The van der Waals surface area contributed by atoms with Crippen LogP contribution in [-0.2, 0) is 16.1 Å². The molecule has 2 aromatic rings. The van der Waals surface area contributed by atoms with Crippen LogP contribution < -0.4 is 0 Å². The molecule has 0 spiro atoms. The van der Waals surface area contributed by atoms with Gasteiger partial charge in [0.15, 0.2) is 5.78 Å². The number of carbonyl (C=O) groups is 1. The van der Waals surface area contributed by atoms with Crippen molar-refractivity contribution in [1.82, 2.24) is 15.0 Å². The Hall–Kier alpha value is -1.50. The van der Waals surface area contributed by atoms with Crippen LogP contribution in [0.15, 0.2) is 18.2 Å². The van der Waals surface area contributed by atoms with E-state index in [-0.39, 0.29) is 39.9 Å². The van der Waals surface area contributed by atoms with E-state index in [1.807, 2.05) is 19.1 Å². The molecule has 1 heterocycles. The number of halogens is 1. The molecule has 39 heavy (non-hydrogen) atoms. The topological polar surface area (TPSA) is 77.2 Å². The van der Waals surface area contributed by atoms with Crippen LogP contribution in [0.5, 0.6) is 0 Å². The predicted molar refractivity (Wildman–Crippen MR) is 153 cm³/mol. The van der Waals surface area contributed by atoms with Gasteiger partial charge in [0.25, 0.3) is 0 Å². The highest BCUT2D eigenvalue weighted by atomic mass is 35.5.